The molecule has 0 spiro atoms. The van der Waals surface area contributed by atoms with Crippen LogP contribution in [0.25, 0.3) is 0 Å². The Morgan fingerprint density at radius 3 is 2.76 bits per heavy atom. The third-order valence-corrected chi connectivity index (χ3v) is 2.44. The molecule has 86 valence electrons. The second kappa shape index (κ2) is 4.92. The van der Waals surface area contributed by atoms with E-state index in [0.717, 1.165) is 0 Å². The van der Waals surface area contributed by atoms with Gasteiger partial charge in [-0.2, -0.15) is 0 Å². The van der Waals surface area contributed by atoms with E-state index in [1.807, 2.05) is 0 Å². The Hall–Kier alpha value is -1.95. The molecular formula is C11H8BrN3O2. The lowest BCUT2D eigenvalue weighted by Gasteiger charge is -2.03. The number of nitrogens with zero attached hydrogens (tertiary/aromatic N) is 1. The lowest BCUT2D eigenvalue weighted by Crippen LogP contribution is -2.15. The molecule has 0 aliphatic carbocycles. The number of amides is 1. The average molecular weight is 294 g/mol. The smallest absolute Gasteiger partial charge is 0.258 e. The number of hydrogen-bond acceptors (Lipinski definition) is 3. The van der Waals surface area contributed by atoms with Gasteiger partial charge >= 0.3 is 0 Å². The molecule has 0 unspecified atom stereocenters. The first-order valence-corrected chi connectivity index (χ1v) is 5.57. The summed E-state index contributed by atoms with van der Waals surface area (Å²) >= 11 is 3.21. The summed E-state index contributed by atoms with van der Waals surface area (Å²) in [5.41, 5.74) is 0.119. The number of aromatic amines is 1. The number of carbonyl (C=O) groups excluding carboxylic acids is 1. The van der Waals surface area contributed by atoms with Gasteiger partial charge in [0.15, 0.2) is 0 Å². The van der Waals surface area contributed by atoms with Gasteiger partial charge in [-0.15, -0.1) is 0 Å². The molecule has 17 heavy (non-hydrogen) atoms. The lowest BCUT2D eigenvalue weighted by atomic mass is 10.2. The molecule has 0 bridgehead atoms. The van der Waals surface area contributed by atoms with Gasteiger partial charge in [0, 0.05) is 12.3 Å². The molecule has 2 N–H and O–H groups in total. The molecule has 2 aromatic heterocycles. The Morgan fingerprint density at radius 1 is 1.29 bits per heavy atom. The molecule has 5 nitrogen and oxygen atoms in total. The number of carbonyl (C=O) groups is 1. The zero-order valence-corrected chi connectivity index (χ0v) is 10.2. The Bertz CT molecular complexity index is 589. The van der Waals surface area contributed by atoms with Gasteiger partial charge in [0.1, 0.15) is 10.4 Å². The summed E-state index contributed by atoms with van der Waals surface area (Å²) in [6.45, 7) is 0. The van der Waals surface area contributed by atoms with Gasteiger partial charge < -0.3 is 10.3 Å². The van der Waals surface area contributed by atoms with Crippen LogP contribution in [0.5, 0.6) is 0 Å². The van der Waals surface area contributed by atoms with Gasteiger partial charge in [-0.3, -0.25) is 9.59 Å². The zero-order valence-electron chi connectivity index (χ0n) is 8.61. The fraction of sp³-hybridized carbons (Fsp3) is 0. The third kappa shape index (κ3) is 3.01. The molecule has 0 aliphatic rings. The topological polar surface area (TPSA) is 74.8 Å². The predicted octanol–water partition coefficient (Wildman–Crippen LogP) is 1.78. The van der Waals surface area contributed by atoms with Crippen LogP contribution in [0.15, 0.2) is 45.9 Å². The standard InChI is InChI=1S/C11H8BrN3O2/c12-8-2-1-3-9(14-8)15-11(17)7-4-5-10(16)13-6-7/h1-6H,(H,13,16)(H,14,15,17). The Kier molecular flexibility index (Phi) is 3.34. The first kappa shape index (κ1) is 11.5. The van der Waals surface area contributed by atoms with Crippen molar-refractivity contribution in [2.45, 2.75) is 0 Å². The molecule has 2 aromatic rings. The van der Waals surface area contributed by atoms with Gasteiger partial charge in [0.25, 0.3) is 5.91 Å². The average Bonchev–Trinajstić information content (AvgIpc) is 2.29. The van der Waals surface area contributed by atoms with Gasteiger partial charge in [-0.05, 0) is 34.1 Å². The Morgan fingerprint density at radius 2 is 2.12 bits per heavy atom. The van der Waals surface area contributed by atoms with Gasteiger partial charge in [0.2, 0.25) is 5.56 Å². The number of pyridine rings is 2. The molecule has 0 fully saturated rings. The molecule has 2 heterocycles. The maximum absolute atomic E-state index is 11.7. The highest BCUT2D eigenvalue weighted by Crippen LogP contribution is 2.10. The van der Waals surface area contributed by atoms with Crippen molar-refractivity contribution < 1.29 is 4.79 Å². The van der Waals surface area contributed by atoms with E-state index in [0.29, 0.717) is 16.0 Å². The molecular weight excluding hydrogens is 286 g/mol. The number of aromatic nitrogens is 2. The summed E-state index contributed by atoms with van der Waals surface area (Å²) in [6.07, 6.45) is 1.36. The van der Waals surface area contributed by atoms with Gasteiger partial charge in [0.05, 0.1) is 5.56 Å². The first-order valence-electron chi connectivity index (χ1n) is 4.78. The summed E-state index contributed by atoms with van der Waals surface area (Å²) in [6, 6.07) is 7.94. The summed E-state index contributed by atoms with van der Waals surface area (Å²) < 4.78 is 0.636. The van der Waals surface area contributed by atoms with Gasteiger partial charge in [-0.1, -0.05) is 6.07 Å². The fourth-order valence-corrected chi connectivity index (χ4v) is 1.56. The second-order valence-electron chi connectivity index (χ2n) is 3.24. The van der Waals surface area contributed by atoms with E-state index >= 15 is 0 Å². The van der Waals surface area contributed by atoms with Crippen molar-refractivity contribution in [1.82, 2.24) is 9.97 Å². The maximum atomic E-state index is 11.7. The van der Waals surface area contributed by atoms with Crippen LogP contribution in [0.1, 0.15) is 10.4 Å². The zero-order chi connectivity index (χ0) is 12.3. The monoisotopic (exact) mass is 293 g/mol. The van der Waals surface area contributed by atoms with E-state index in [-0.39, 0.29) is 11.5 Å². The predicted molar refractivity (Wildman–Crippen MR) is 67.0 cm³/mol. The van der Waals surface area contributed by atoms with Crippen molar-refractivity contribution in [1.29, 1.82) is 0 Å². The molecule has 1 amide bonds. The normalized spacial score (nSPS) is 9.94. The van der Waals surface area contributed by atoms with E-state index in [4.69, 9.17) is 0 Å². The third-order valence-electron chi connectivity index (χ3n) is 2.00. The molecule has 0 aliphatic heterocycles. The molecule has 0 aromatic carbocycles. The highest BCUT2D eigenvalue weighted by molar-refractivity contribution is 9.10. The highest BCUT2D eigenvalue weighted by atomic mass is 79.9. The minimum Gasteiger partial charge on any atom is -0.328 e. The SMILES string of the molecule is O=C(Nc1cccc(Br)n1)c1ccc(=O)[nH]c1. The van der Waals surface area contributed by atoms with Crippen molar-refractivity contribution in [2.24, 2.45) is 0 Å². The van der Waals surface area contributed by atoms with Crippen LogP contribution in [0, 0.1) is 0 Å². The van der Waals surface area contributed by atoms with Crippen LogP contribution < -0.4 is 10.9 Å². The number of halogens is 1. The summed E-state index contributed by atoms with van der Waals surface area (Å²) in [4.78, 5) is 29.1. The largest absolute Gasteiger partial charge is 0.328 e. The van der Waals surface area contributed by atoms with Crippen LogP contribution in [-0.2, 0) is 0 Å². The van der Waals surface area contributed by atoms with Crippen molar-refractivity contribution in [2.75, 3.05) is 5.32 Å². The minimum atomic E-state index is -0.327. The molecule has 0 atom stereocenters. The quantitative estimate of drug-likeness (QED) is 0.829. The number of anilines is 1. The van der Waals surface area contributed by atoms with Crippen molar-refractivity contribution in [3.8, 4) is 0 Å². The van der Waals surface area contributed by atoms with E-state index < -0.39 is 0 Å². The van der Waals surface area contributed by atoms with E-state index in [1.165, 1.54) is 18.3 Å². The molecule has 2 rings (SSSR count). The Labute approximate surface area is 105 Å². The van der Waals surface area contributed by atoms with Gasteiger partial charge in [-0.25, -0.2) is 4.98 Å². The second-order valence-corrected chi connectivity index (χ2v) is 4.05. The molecule has 0 radical (unpaired) electrons. The number of rotatable bonds is 2. The van der Waals surface area contributed by atoms with E-state index in [2.05, 4.69) is 31.2 Å². The molecule has 0 saturated carbocycles. The van der Waals surface area contributed by atoms with Crippen LogP contribution in [0.2, 0.25) is 0 Å². The number of H-pyrrole nitrogens is 1. The van der Waals surface area contributed by atoms with Crippen molar-refractivity contribution in [3.05, 3.63) is 57.0 Å². The van der Waals surface area contributed by atoms with Crippen LogP contribution >= 0.6 is 15.9 Å². The summed E-state index contributed by atoms with van der Waals surface area (Å²) in [7, 11) is 0. The number of hydrogen-bond donors (Lipinski definition) is 2. The first-order chi connectivity index (χ1) is 8.15. The molecule has 6 heteroatoms. The van der Waals surface area contributed by atoms with Crippen LogP contribution in [0.4, 0.5) is 5.82 Å². The Balaban J connectivity index is 2.17. The van der Waals surface area contributed by atoms with E-state index in [9.17, 15) is 9.59 Å². The molecule has 0 saturated heterocycles. The lowest BCUT2D eigenvalue weighted by molar-refractivity contribution is 0.102. The maximum Gasteiger partial charge on any atom is 0.258 e. The van der Waals surface area contributed by atoms with Crippen LogP contribution in [0.3, 0.4) is 0 Å². The summed E-state index contributed by atoms with van der Waals surface area (Å²) in [5.74, 6) is 0.113. The van der Waals surface area contributed by atoms with Crippen molar-refractivity contribution >= 4 is 27.7 Å². The number of nitrogens with one attached hydrogen (secondary N) is 2. The fourth-order valence-electron chi connectivity index (χ4n) is 1.22. The minimum absolute atomic E-state index is 0.248. The summed E-state index contributed by atoms with van der Waals surface area (Å²) in [5, 5.41) is 2.62. The van der Waals surface area contributed by atoms with E-state index in [1.54, 1.807) is 18.2 Å². The van der Waals surface area contributed by atoms with Crippen molar-refractivity contribution in [3.63, 3.8) is 0 Å². The highest BCUT2D eigenvalue weighted by Gasteiger charge is 2.06. The van der Waals surface area contributed by atoms with Crippen LogP contribution in [-0.4, -0.2) is 15.9 Å².